The second kappa shape index (κ2) is 9.96. The van der Waals surface area contributed by atoms with E-state index in [1.165, 1.54) is 77.1 Å². The summed E-state index contributed by atoms with van der Waals surface area (Å²) in [5.41, 5.74) is 6.36. The van der Waals surface area contributed by atoms with Crippen LogP contribution in [0.1, 0.15) is 44.6 Å². The van der Waals surface area contributed by atoms with E-state index < -0.39 is 0 Å². The summed E-state index contributed by atoms with van der Waals surface area (Å²) in [6.45, 7) is 2.27. The predicted octanol–water partition coefficient (Wildman–Crippen LogP) is 9.34. The lowest BCUT2D eigenvalue weighted by atomic mass is 9.97. The minimum absolute atomic E-state index is 0.770. The molecule has 4 rings (SSSR count). The number of hydrogen-bond acceptors (Lipinski definition) is 0. The van der Waals surface area contributed by atoms with Crippen LogP contribution in [0.25, 0.3) is 33.0 Å². The van der Waals surface area contributed by atoms with E-state index in [-0.39, 0.29) is 0 Å². The van der Waals surface area contributed by atoms with Crippen molar-refractivity contribution >= 4 is 22.4 Å². The average Bonchev–Trinajstić information content (AvgIpc) is 2.79. The van der Waals surface area contributed by atoms with Crippen LogP contribution in [-0.4, -0.2) is 0 Å². The number of aryl methyl sites for hydroxylation is 1. The fourth-order valence-corrected chi connectivity index (χ4v) is 4.19. The van der Waals surface area contributed by atoms with Crippen molar-refractivity contribution in [2.75, 3.05) is 0 Å². The number of unbranched alkanes of at least 4 members (excludes halogenated alkanes) is 4. The smallest absolute Gasteiger partial charge is 0.0406 e. The van der Waals surface area contributed by atoms with Gasteiger partial charge < -0.3 is 0 Å². The van der Waals surface area contributed by atoms with Crippen LogP contribution in [0.3, 0.4) is 0 Å². The zero-order valence-electron chi connectivity index (χ0n) is 17.7. The average molecular weight is 413 g/mol. The number of hydrogen-bond donors (Lipinski definition) is 0. The first-order chi connectivity index (χ1) is 14.7. The Bertz CT molecular complexity index is 1090. The van der Waals surface area contributed by atoms with Crippen molar-refractivity contribution in [1.29, 1.82) is 0 Å². The first-order valence-electron chi connectivity index (χ1n) is 11.1. The van der Waals surface area contributed by atoms with Gasteiger partial charge in [-0.3, -0.25) is 0 Å². The summed E-state index contributed by atoms with van der Waals surface area (Å²) >= 11 is 6.00. The number of benzene rings is 4. The Morgan fingerprint density at radius 1 is 0.533 bits per heavy atom. The van der Waals surface area contributed by atoms with Crippen molar-refractivity contribution in [2.24, 2.45) is 0 Å². The van der Waals surface area contributed by atoms with E-state index in [2.05, 4.69) is 79.7 Å². The molecule has 0 amide bonds. The Kier molecular flexibility index (Phi) is 6.87. The van der Waals surface area contributed by atoms with Gasteiger partial charge in [0.05, 0.1) is 0 Å². The molecule has 152 valence electrons. The van der Waals surface area contributed by atoms with Gasteiger partial charge in [0.15, 0.2) is 0 Å². The Balaban J connectivity index is 1.48. The van der Waals surface area contributed by atoms with Crippen LogP contribution >= 0.6 is 11.6 Å². The van der Waals surface area contributed by atoms with Gasteiger partial charge in [-0.25, -0.2) is 0 Å². The largest absolute Gasteiger partial charge is 0.0843 e. The summed E-state index contributed by atoms with van der Waals surface area (Å²) < 4.78 is 0. The fourth-order valence-electron chi connectivity index (χ4n) is 4.06. The molecule has 30 heavy (non-hydrogen) atoms. The van der Waals surface area contributed by atoms with Gasteiger partial charge in [-0.05, 0) is 69.6 Å². The van der Waals surface area contributed by atoms with Crippen molar-refractivity contribution in [3.63, 3.8) is 0 Å². The van der Waals surface area contributed by atoms with E-state index in [1.54, 1.807) is 0 Å². The quantitative estimate of drug-likeness (QED) is 0.253. The van der Waals surface area contributed by atoms with Gasteiger partial charge in [0.2, 0.25) is 0 Å². The maximum absolute atomic E-state index is 6.00. The first-order valence-corrected chi connectivity index (χ1v) is 11.5. The molecule has 0 unspecified atom stereocenters. The van der Waals surface area contributed by atoms with Crippen molar-refractivity contribution in [3.05, 3.63) is 95.5 Å². The topological polar surface area (TPSA) is 0 Å². The number of fused-ring (bicyclic) bond motifs is 1. The normalized spacial score (nSPS) is 11.1. The van der Waals surface area contributed by atoms with Crippen molar-refractivity contribution in [3.8, 4) is 22.3 Å². The molecule has 0 saturated carbocycles. The maximum Gasteiger partial charge on any atom is 0.0406 e. The second-order valence-corrected chi connectivity index (χ2v) is 8.58. The van der Waals surface area contributed by atoms with Gasteiger partial charge in [-0.2, -0.15) is 0 Å². The fraction of sp³-hybridized carbons (Fsp3) is 0.241. The van der Waals surface area contributed by atoms with Gasteiger partial charge >= 0.3 is 0 Å². The molecule has 0 nitrogen and oxygen atoms in total. The second-order valence-electron chi connectivity index (χ2n) is 8.14. The van der Waals surface area contributed by atoms with Crippen LogP contribution in [0.5, 0.6) is 0 Å². The molecule has 0 atom stereocenters. The molecule has 0 aromatic heterocycles. The van der Waals surface area contributed by atoms with E-state index in [9.17, 15) is 0 Å². The SMILES string of the molecule is CCCCCCCc1ccc2cc(-c3ccc(-c4ccc(Cl)cc4)cc3)ccc2c1. The summed E-state index contributed by atoms with van der Waals surface area (Å²) in [7, 11) is 0. The molecule has 0 N–H and O–H groups in total. The Labute approximate surface area is 185 Å². The third kappa shape index (κ3) is 5.12. The minimum Gasteiger partial charge on any atom is -0.0843 e. The van der Waals surface area contributed by atoms with Crippen LogP contribution in [0.4, 0.5) is 0 Å². The molecular weight excluding hydrogens is 384 g/mol. The van der Waals surface area contributed by atoms with Crippen LogP contribution in [0.15, 0.2) is 84.9 Å². The highest BCUT2D eigenvalue weighted by Gasteiger charge is 2.03. The van der Waals surface area contributed by atoms with Crippen molar-refractivity contribution < 1.29 is 0 Å². The molecule has 0 radical (unpaired) electrons. The molecule has 0 spiro atoms. The lowest BCUT2D eigenvalue weighted by molar-refractivity contribution is 0.632. The van der Waals surface area contributed by atoms with Gasteiger partial charge in [-0.1, -0.05) is 111 Å². The van der Waals surface area contributed by atoms with E-state index >= 15 is 0 Å². The van der Waals surface area contributed by atoms with Crippen LogP contribution < -0.4 is 0 Å². The van der Waals surface area contributed by atoms with Crippen LogP contribution in [0, 0.1) is 0 Å². The third-order valence-corrected chi connectivity index (χ3v) is 6.12. The van der Waals surface area contributed by atoms with E-state index in [1.807, 2.05) is 12.1 Å². The molecule has 0 aliphatic heterocycles. The molecule has 4 aromatic carbocycles. The molecule has 0 bridgehead atoms. The molecule has 4 aromatic rings. The van der Waals surface area contributed by atoms with Crippen molar-refractivity contribution in [1.82, 2.24) is 0 Å². The predicted molar refractivity (Wildman–Crippen MR) is 132 cm³/mol. The van der Waals surface area contributed by atoms with Gasteiger partial charge in [0, 0.05) is 5.02 Å². The molecule has 0 saturated heterocycles. The highest BCUT2D eigenvalue weighted by Crippen LogP contribution is 2.28. The van der Waals surface area contributed by atoms with Crippen molar-refractivity contribution in [2.45, 2.75) is 45.4 Å². The zero-order valence-corrected chi connectivity index (χ0v) is 18.5. The molecule has 1 heteroatoms. The third-order valence-electron chi connectivity index (χ3n) is 5.87. The van der Waals surface area contributed by atoms with Gasteiger partial charge in [0.25, 0.3) is 0 Å². The molecule has 0 aliphatic rings. The van der Waals surface area contributed by atoms with Gasteiger partial charge in [0.1, 0.15) is 0 Å². The maximum atomic E-state index is 6.00. The van der Waals surface area contributed by atoms with Crippen LogP contribution in [-0.2, 0) is 6.42 Å². The Morgan fingerprint density at radius 2 is 1.07 bits per heavy atom. The summed E-state index contributed by atoms with van der Waals surface area (Å²) in [6, 6.07) is 30.5. The lowest BCUT2D eigenvalue weighted by Gasteiger charge is -2.08. The summed E-state index contributed by atoms with van der Waals surface area (Å²) in [5, 5.41) is 3.41. The first kappa shape index (κ1) is 20.7. The Hall–Kier alpha value is -2.57. The van der Waals surface area contributed by atoms with Gasteiger partial charge in [-0.15, -0.1) is 0 Å². The zero-order chi connectivity index (χ0) is 20.8. The van der Waals surface area contributed by atoms with Crippen LogP contribution in [0.2, 0.25) is 5.02 Å². The highest BCUT2D eigenvalue weighted by atomic mass is 35.5. The summed E-state index contributed by atoms with van der Waals surface area (Å²) in [5.74, 6) is 0. The number of rotatable bonds is 8. The molecule has 0 heterocycles. The molecular formula is C29H29Cl. The molecule has 0 aliphatic carbocycles. The monoisotopic (exact) mass is 412 g/mol. The number of halogens is 1. The van der Waals surface area contributed by atoms with E-state index in [4.69, 9.17) is 11.6 Å². The van der Waals surface area contributed by atoms with E-state index in [0.29, 0.717) is 0 Å². The summed E-state index contributed by atoms with van der Waals surface area (Å²) in [4.78, 5) is 0. The molecule has 0 fully saturated rings. The standard InChI is InChI=1S/C29H29Cl/c1-2-3-4-5-6-7-22-8-9-28-21-27(15-14-26(28)20-22)25-12-10-23(11-13-25)24-16-18-29(30)19-17-24/h8-21H,2-7H2,1H3. The lowest BCUT2D eigenvalue weighted by Crippen LogP contribution is -1.87. The Morgan fingerprint density at radius 3 is 1.77 bits per heavy atom. The highest BCUT2D eigenvalue weighted by molar-refractivity contribution is 6.30. The minimum atomic E-state index is 0.770. The summed E-state index contributed by atoms with van der Waals surface area (Å²) in [6.07, 6.45) is 7.86. The van der Waals surface area contributed by atoms with E-state index in [0.717, 1.165) is 5.02 Å².